The van der Waals surface area contributed by atoms with Gasteiger partial charge < -0.3 is 38.6 Å². The first-order valence-corrected chi connectivity index (χ1v) is 25.9. The van der Waals surface area contributed by atoms with Gasteiger partial charge in [-0.1, -0.05) is 174 Å². The summed E-state index contributed by atoms with van der Waals surface area (Å²) in [7, 11) is 0. The Hall–Kier alpha value is -2.67. The lowest BCUT2D eigenvalue weighted by Crippen LogP contribution is -2.76. The minimum absolute atomic E-state index is 0.0290. The molecule has 3 saturated heterocycles. The Morgan fingerprint density at radius 3 is 1.94 bits per heavy atom. The Morgan fingerprint density at radius 1 is 0.800 bits per heavy atom. The minimum atomic E-state index is -2.39. The number of rotatable bonds is 30. The lowest BCUT2D eigenvalue weighted by molar-refractivity contribution is -0.407. The number of allylic oxidation sites excluding steroid dienone is 3. The number of unbranched alkanes of at least 4 members (excludes halogenated alkanes) is 20. The number of epoxide rings is 1. The molecule has 2 N–H and O–H groups in total. The molecule has 3 aliphatic heterocycles. The van der Waals surface area contributed by atoms with E-state index in [2.05, 4.69) is 26.5 Å². The molecule has 2 saturated carbocycles. The first kappa shape index (κ1) is 51.7. The molecule has 0 aromatic rings. The van der Waals surface area contributed by atoms with Gasteiger partial charge in [0.15, 0.2) is 17.0 Å². The molecule has 0 amide bonds. The molecule has 11 heteroatoms. The number of carbonyl (C=O) groups is 3. The predicted octanol–water partition coefficient (Wildman–Crippen LogP) is 10.8. The van der Waals surface area contributed by atoms with E-state index < -0.39 is 82.3 Å². The number of hydrogen-bond acceptors (Lipinski definition) is 11. The Balaban J connectivity index is 1.15. The van der Waals surface area contributed by atoms with Crippen LogP contribution in [0.3, 0.4) is 0 Å². The van der Waals surface area contributed by atoms with Crippen molar-refractivity contribution in [1.29, 1.82) is 0 Å². The van der Waals surface area contributed by atoms with Gasteiger partial charge in [0.2, 0.25) is 0 Å². The van der Waals surface area contributed by atoms with E-state index in [0.29, 0.717) is 5.57 Å². The van der Waals surface area contributed by atoms with Crippen molar-refractivity contribution in [3.8, 4) is 0 Å². The van der Waals surface area contributed by atoms with Crippen LogP contribution in [0.2, 0.25) is 0 Å². The molecular formula is C54H84O11. The lowest BCUT2D eigenvalue weighted by atomic mass is 9.53. The molecular weight excluding hydrogens is 825 g/mol. The molecule has 5 fully saturated rings. The standard InChI is InChI=1S/C54H84O11/c1-8-10-12-14-16-18-20-22-23-25-27-29-31-33-43(56)60-36-35-50-47(62-50)44-48-53(38(3)4)46(61-41(7)55)40(6)54(44,42-37-39(5)45(57)52(42,59)49(50)58)65-51(63-48,64-53)34-32-30-28-26-24-21-19-17-15-13-11-9-2/h28,30,32,34,37,40,42,44,46-49,58-59H,3,8-27,29,31,33,35-36H2,1-2,4-7H3/b30-28+,34-32+/t40-,42-,44-,46+,47-,48-,49-,50-,51-,52-,53+,54+/m0/s1. The van der Waals surface area contributed by atoms with Gasteiger partial charge in [-0.25, -0.2) is 0 Å². The number of ketones is 1. The van der Waals surface area contributed by atoms with Crippen LogP contribution in [0.1, 0.15) is 196 Å². The molecule has 6 rings (SSSR count). The van der Waals surface area contributed by atoms with Crippen molar-refractivity contribution in [3.05, 3.63) is 48.1 Å². The molecule has 12 atom stereocenters. The van der Waals surface area contributed by atoms with Crippen molar-refractivity contribution in [2.75, 3.05) is 6.61 Å². The fraction of sp³-hybridized carbons (Fsp3) is 0.796. The summed E-state index contributed by atoms with van der Waals surface area (Å²) in [6, 6.07) is 0. The van der Waals surface area contributed by atoms with Gasteiger partial charge >= 0.3 is 17.9 Å². The van der Waals surface area contributed by atoms with Crippen LogP contribution in [-0.4, -0.2) is 87.3 Å². The molecule has 0 spiro atoms. The Bertz CT molecular complexity index is 1740. The maximum atomic E-state index is 14.3. The van der Waals surface area contributed by atoms with Crippen molar-refractivity contribution in [2.24, 2.45) is 17.8 Å². The number of esters is 2. The van der Waals surface area contributed by atoms with E-state index in [-0.39, 0.29) is 31.0 Å². The van der Waals surface area contributed by atoms with Gasteiger partial charge in [-0.2, -0.15) is 0 Å². The SMILES string of the molecule is C=C(C)[C@]12O[C@]3(/C=C/C=C/CCCCCCCCCC)O[C@H]1[C@@H]1[C@@H]4O[C@]4(CCOC(=O)CCCCCCCCCCCCCCC)[C@H](O)[C@@]4(O)C(=O)C(C)=C[C@@H]4[C@]1(O3)[C@@H](C)[C@H]2OC(C)=O. The number of fused-ring (bicyclic) bond motifs is 3. The van der Waals surface area contributed by atoms with E-state index in [1.807, 2.05) is 26.0 Å². The highest BCUT2D eigenvalue weighted by molar-refractivity contribution is 6.05. The van der Waals surface area contributed by atoms with Crippen LogP contribution in [0.15, 0.2) is 48.1 Å². The molecule has 0 unspecified atom stereocenters. The normalized spacial score (nSPS) is 36.4. The minimum Gasteiger partial charge on any atom is -0.466 e. The van der Waals surface area contributed by atoms with Gasteiger partial charge in [0, 0.05) is 43.6 Å². The second-order valence-electron chi connectivity index (χ2n) is 20.5. The van der Waals surface area contributed by atoms with Crippen LogP contribution >= 0.6 is 0 Å². The van der Waals surface area contributed by atoms with Gasteiger partial charge in [0.1, 0.15) is 23.9 Å². The third-order valence-electron chi connectivity index (χ3n) is 15.8. The van der Waals surface area contributed by atoms with Crippen LogP contribution in [0.25, 0.3) is 0 Å². The van der Waals surface area contributed by atoms with Crippen molar-refractivity contribution >= 4 is 17.7 Å². The molecule has 65 heavy (non-hydrogen) atoms. The zero-order chi connectivity index (χ0) is 46.9. The van der Waals surface area contributed by atoms with Crippen LogP contribution in [-0.2, 0) is 42.8 Å². The summed E-state index contributed by atoms with van der Waals surface area (Å²) in [5.74, 6) is -5.91. The molecule has 11 nitrogen and oxygen atoms in total. The number of hydrogen-bond donors (Lipinski definition) is 2. The summed E-state index contributed by atoms with van der Waals surface area (Å²) in [5.41, 5.74) is -5.99. The number of Topliss-reactive ketones (excluding diaryl/α,β-unsaturated/α-hetero) is 1. The summed E-state index contributed by atoms with van der Waals surface area (Å²) in [5, 5.41) is 25.3. The predicted molar refractivity (Wildman–Crippen MR) is 250 cm³/mol. The third kappa shape index (κ3) is 10.4. The van der Waals surface area contributed by atoms with Gasteiger partial charge in [0.25, 0.3) is 0 Å². The largest absolute Gasteiger partial charge is 0.466 e. The molecule has 0 radical (unpaired) electrons. The Labute approximate surface area is 390 Å². The van der Waals surface area contributed by atoms with E-state index in [1.54, 1.807) is 19.1 Å². The zero-order valence-electron chi connectivity index (χ0n) is 40.9. The summed E-state index contributed by atoms with van der Waals surface area (Å²) in [6.07, 6.45) is 31.7. The van der Waals surface area contributed by atoms with Crippen LogP contribution in [0, 0.1) is 17.8 Å². The number of aliphatic hydroxyl groups is 2. The maximum Gasteiger partial charge on any atom is 0.307 e. The quantitative estimate of drug-likeness (QED) is 0.0233. The van der Waals surface area contributed by atoms with E-state index in [9.17, 15) is 24.6 Å². The monoisotopic (exact) mass is 909 g/mol. The van der Waals surface area contributed by atoms with Crippen LogP contribution < -0.4 is 0 Å². The van der Waals surface area contributed by atoms with Crippen molar-refractivity contribution in [2.45, 2.75) is 248 Å². The van der Waals surface area contributed by atoms with Gasteiger partial charge in [-0.05, 0) is 44.3 Å². The highest BCUT2D eigenvalue weighted by Gasteiger charge is 2.90. The fourth-order valence-electron chi connectivity index (χ4n) is 12.4. The van der Waals surface area contributed by atoms with Gasteiger partial charge in [-0.3, -0.25) is 14.4 Å². The maximum absolute atomic E-state index is 14.3. The second kappa shape index (κ2) is 22.6. The average molecular weight is 909 g/mol. The van der Waals surface area contributed by atoms with Crippen molar-refractivity contribution < 1.29 is 53.0 Å². The van der Waals surface area contributed by atoms with Crippen molar-refractivity contribution in [1.82, 2.24) is 0 Å². The van der Waals surface area contributed by atoms with E-state index in [0.717, 1.165) is 32.1 Å². The van der Waals surface area contributed by atoms with Crippen LogP contribution in [0.5, 0.6) is 0 Å². The second-order valence-corrected chi connectivity index (χ2v) is 20.5. The topological polar surface area (TPSA) is 150 Å². The highest BCUT2D eigenvalue weighted by Crippen LogP contribution is 2.73. The van der Waals surface area contributed by atoms with E-state index in [4.69, 9.17) is 28.4 Å². The number of aliphatic hydroxyl groups excluding tert-OH is 1. The molecule has 0 aromatic carbocycles. The molecule has 3 aliphatic carbocycles. The fourth-order valence-corrected chi connectivity index (χ4v) is 12.4. The zero-order valence-corrected chi connectivity index (χ0v) is 40.9. The summed E-state index contributed by atoms with van der Waals surface area (Å²) < 4.78 is 39.6. The molecule has 366 valence electrons. The molecule has 6 aliphatic rings. The lowest BCUT2D eigenvalue weighted by Gasteiger charge is -2.61. The number of carbonyl (C=O) groups excluding carboxylic acids is 3. The molecule has 3 heterocycles. The van der Waals surface area contributed by atoms with Crippen molar-refractivity contribution in [3.63, 3.8) is 0 Å². The van der Waals surface area contributed by atoms with Gasteiger partial charge in [-0.15, -0.1) is 0 Å². The molecule has 3 bridgehead atoms. The first-order valence-electron chi connectivity index (χ1n) is 25.9. The Morgan fingerprint density at radius 2 is 1.37 bits per heavy atom. The first-order chi connectivity index (χ1) is 31.2. The smallest absolute Gasteiger partial charge is 0.307 e. The van der Waals surface area contributed by atoms with Gasteiger partial charge in [0.05, 0.1) is 18.3 Å². The van der Waals surface area contributed by atoms with Crippen LogP contribution in [0.4, 0.5) is 0 Å². The highest BCUT2D eigenvalue weighted by atomic mass is 16.9. The van der Waals surface area contributed by atoms with E-state index >= 15 is 0 Å². The summed E-state index contributed by atoms with van der Waals surface area (Å²) in [4.78, 5) is 40.2. The van der Waals surface area contributed by atoms with E-state index in [1.165, 1.54) is 116 Å². The third-order valence-corrected chi connectivity index (χ3v) is 15.8. The summed E-state index contributed by atoms with van der Waals surface area (Å²) in [6.45, 7) is 15.4. The average Bonchev–Trinajstić information content (AvgIpc) is 3.88. The number of ether oxygens (including phenoxy) is 6. The summed E-state index contributed by atoms with van der Waals surface area (Å²) >= 11 is 0. The molecule has 0 aromatic heterocycles. The Kier molecular flexibility index (Phi) is 18.0.